The molecule has 0 atom stereocenters. The molecule has 13 heteroatoms. The van der Waals surface area contributed by atoms with Gasteiger partial charge in [-0.25, -0.2) is 9.69 Å². The number of urea groups is 1. The molecule has 1 aromatic heterocycles. The van der Waals surface area contributed by atoms with Crippen molar-refractivity contribution in [3.05, 3.63) is 36.0 Å². The summed E-state index contributed by atoms with van der Waals surface area (Å²) in [5, 5.41) is 13.2. The number of carbonyl (C=O) groups is 4. The molecule has 2 saturated heterocycles. The first kappa shape index (κ1) is 25.3. The van der Waals surface area contributed by atoms with Gasteiger partial charge >= 0.3 is 17.8 Å². The summed E-state index contributed by atoms with van der Waals surface area (Å²) < 4.78 is 15.7. The van der Waals surface area contributed by atoms with Gasteiger partial charge in [-0.05, 0) is 30.9 Å². The van der Waals surface area contributed by atoms with E-state index in [1.165, 1.54) is 12.0 Å². The van der Waals surface area contributed by atoms with Gasteiger partial charge in [0.15, 0.2) is 5.82 Å². The third-order valence-electron chi connectivity index (χ3n) is 6.03. The minimum atomic E-state index is -0.965. The maximum Gasteiger partial charge on any atom is 0.334 e. The highest BCUT2D eigenvalue weighted by Crippen LogP contribution is 2.28. The summed E-state index contributed by atoms with van der Waals surface area (Å²) in [6.07, 6.45) is 1.14. The first-order valence-corrected chi connectivity index (χ1v) is 11.5. The van der Waals surface area contributed by atoms with Crippen molar-refractivity contribution >= 4 is 29.4 Å². The Morgan fingerprint density at radius 1 is 1.17 bits per heavy atom. The predicted octanol–water partition coefficient (Wildman–Crippen LogP) is 0.364. The van der Waals surface area contributed by atoms with Crippen LogP contribution in [0.25, 0.3) is 0 Å². The van der Waals surface area contributed by atoms with Crippen molar-refractivity contribution in [3.8, 4) is 5.75 Å². The molecule has 1 aromatic carbocycles. The fraction of sp³-hybridized carbons (Fsp3) is 0.478. The van der Waals surface area contributed by atoms with Gasteiger partial charge < -0.3 is 24.0 Å². The second-order valence-electron chi connectivity index (χ2n) is 8.37. The zero-order valence-electron chi connectivity index (χ0n) is 19.8. The number of aliphatic hydroxyl groups is 1. The van der Waals surface area contributed by atoms with Crippen LogP contribution >= 0.6 is 0 Å². The average Bonchev–Trinajstić information content (AvgIpc) is 3.41. The lowest BCUT2D eigenvalue weighted by Crippen LogP contribution is -2.38. The lowest BCUT2D eigenvalue weighted by atomic mass is 10.00. The number of aliphatic hydroxyl groups excluding tert-OH is 1. The Bertz CT molecular complexity index is 1130. The van der Waals surface area contributed by atoms with E-state index in [1.54, 1.807) is 24.3 Å². The van der Waals surface area contributed by atoms with Gasteiger partial charge in [-0.3, -0.25) is 19.3 Å². The maximum atomic E-state index is 13.0. The second-order valence-corrected chi connectivity index (χ2v) is 8.37. The number of amides is 5. The second kappa shape index (κ2) is 11.3. The first-order valence-electron chi connectivity index (χ1n) is 11.5. The van der Waals surface area contributed by atoms with Crippen molar-refractivity contribution in [2.24, 2.45) is 5.92 Å². The monoisotopic (exact) mass is 501 g/mol. The molecule has 2 aliphatic heterocycles. The van der Waals surface area contributed by atoms with Gasteiger partial charge in [0, 0.05) is 26.3 Å². The van der Waals surface area contributed by atoms with E-state index in [0.29, 0.717) is 37.5 Å². The van der Waals surface area contributed by atoms with Gasteiger partial charge in [-0.2, -0.15) is 4.98 Å². The number of aromatic nitrogens is 2. The van der Waals surface area contributed by atoms with E-state index in [2.05, 4.69) is 10.1 Å². The molecule has 36 heavy (non-hydrogen) atoms. The van der Waals surface area contributed by atoms with E-state index < -0.39 is 23.8 Å². The fourth-order valence-electron chi connectivity index (χ4n) is 4.16. The lowest BCUT2D eigenvalue weighted by molar-refractivity contribution is -0.143. The zero-order valence-corrected chi connectivity index (χ0v) is 19.8. The normalized spacial score (nSPS) is 16.7. The van der Waals surface area contributed by atoms with E-state index in [0.717, 1.165) is 9.80 Å². The molecule has 0 unspecified atom stereocenters. The molecular formula is C23H27N5O8. The Morgan fingerprint density at radius 2 is 1.89 bits per heavy atom. The van der Waals surface area contributed by atoms with Crippen LogP contribution in [0, 0.1) is 5.92 Å². The average molecular weight is 501 g/mol. The van der Waals surface area contributed by atoms with Gasteiger partial charge in [0.2, 0.25) is 11.8 Å². The molecule has 2 fully saturated rings. The first-order chi connectivity index (χ1) is 17.4. The third kappa shape index (κ3) is 5.36. The molecule has 0 bridgehead atoms. The van der Waals surface area contributed by atoms with Crippen LogP contribution in [0.5, 0.6) is 5.75 Å². The Balaban J connectivity index is 1.41. The van der Waals surface area contributed by atoms with Crippen LogP contribution in [0.2, 0.25) is 0 Å². The smallest absolute Gasteiger partial charge is 0.334 e. The summed E-state index contributed by atoms with van der Waals surface area (Å²) in [5.74, 6) is -1.82. The molecule has 192 valence electrons. The molecule has 0 aliphatic carbocycles. The molecule has 2 aliphatic rings. The Kier molecular flexibility index (Phi) is 7.90. The SMILES string of the molecule is COc1ccccc1N(CCO)C(=O)Cc1noc(CN2C(=O)C(=O)N(CC3CCOCC3)C2=O)n1. The number of methoxy groups -OCH3 is 1. The van der Waals surface area contributed by atoms with E-state index >= 15 is 0 Å². The van der Waals surface area contributed by atoms with Crippen LogP contribution in [0.15, 0.2) is 28.8 Å². The van der Waals surface area contributed by atoms with E-state index in [-0.39, 0.29) is 50.3 Å². The topological polar surface area (TPSA) is 156 Å². The number of imide groups is 2. The molecule has 1 N–H and O–H groups in total. The number of carbonyl (C=O) groups excluding carboxylic acids is 4. The molecule has 5 amide bonds. The molecule has 3 heterocycles. The maximum absolute atomic E-state index is 13.0. The number of para-hydroxylation sites is 2. The number of hydrogen-bond donors (Lipinski definition) is 1. The Hall–Kier alpha value is -3.84. The number of rotatable bonds is 10. The van der Waals surface area contributed by atoms with Gasteiger partial charge in [-0.15, -0.1) is 0 Å². The largest absolute Gasteiger partial charge is 0.495 e. The van der Waals surface area contributed by atoms with Crippen molar-refractivity contribution in [1.82, 2.24) is 19.9 Å². The molecular weight excluding hydrogens is 474 g/mol. The number of benzene rings is 1. The van der Waals surface area contributed by atoms with Gasteiger partial charge in [0.25, 0.3) is 0 Å². The van der Waals surface area contributed by atoms with Crippen molar-refractivity contribution in [3.63, 3.8) is 0 Å². The Labute approximate surface area is 206 Å². The van der Waals surface area contributed by atoms with Crippen LogP contribution in [-0.4, -0.2) is 88.8 Å². The number of hydrogen-bond acceptors (Lipinski definition) is 10. The van der Waals surface area contributed by atoms with Crippen LogP contribution < -0.4 is 9.64 Å². The highest BCUT2D eigenvalue weighted by Gasteiger charge is 2.45. The molecule has 13 nitrogen and oxygen atoms in total. The van der Waals surface area contributed by atoms with Crippen molar-refractivity contribution in [2.75, 3.05) is 44.9 Å². The summed E-state index contributed by atoms with van der Waals surface area (Å²) in [4.78, 5) is 57.7. The van der Waals surface area contributed by atoms with Crippen molar-refractivity contribution in [1.29, 1.82) is 0 Å². The lowest BCUT2D eigenvalue weighted by Gasteiger charge is -2.25. The van der Waals surface area contributed by atoms with Crippen LogP contribution in [0.3, 0.4) is 0 Å². The van der Waals surface area contributed by atoms with Crippen LogP contribution in [-0.2, 0) is 32.1 Å². The minimum absolute atomic E-state index is 0.0196. The molecule has 0 radical (unpaired) electrons. The van der Waals surface area contributed by atoms with Gasteiger partial charge in [0.1, 0.15) is 12.3 Å². The molecule has 4 rings (SSSR count). The van der Waals surface area contributed by atoms with E-state index in [9.17, 15) is 24.3 Å². The highest BCUT2D eigenvalue weighted by atomic mass is 16.5. The summed E-state index contributed by atoms with van der Waals surface area (Å²) >= 11 is 0. The van der Waals surface area contributed by atoms with E-state index in [4.69, 9.17) is 14.0 Å². The number of nitrogens with zero attached hydrogens (tertiary/aromatic N) is 5. The molecule has 2 aromatic rings. The van der Waals surface area contributed by atoms with Gasteiger partial charge in [-0.1, -0.05) is 17.3 Å². The highest BCUT2D eigenvalue weighted by molar-refractivity contribution is 6.44. The van der Waals surface area contributed by atoms with Gasteiger partial charge in [0.05, 0.1) is 25.8 Å². The standard InChI is InChI=1S/C23H27N5O8/c1-34-17-5-3-2-4-16(17)26(8-9-29)20(30)12-18-24-19(36-25-18)14-28-22(32)21(31)27(23(28)33)13-15-6-10-35-11-7-15/h2-5,15,29H,6-14H2,1H3. The summed E-state index contributed by atoms with van der Waals surface area (Å²) in [6, 6.07) is 6.13. The van der Waals surface area contributed by atoms with Crippen LogP contribution in [0.1, 0.15) is 24.6 Å². The molecule has 0 spiro atoms. The summed E-state index contributed by atoms with van der Waals surface area (Å²) in [7, 11) is 1.47. The Morgan fingerprint density at radius 3 is 2.61 bits per heavy atom. The number of ether oxygens (including phenoxy) is 2. The molecule has 0 saturated carbocycles. The fourth-order valence-corrected chi connectivity index (χ4v) is 4.16. The summed E-state index contributed by atoms with van der Waals surface area (Å²) in [5.41, 5.74) is 0.471. The van der Waals surface area contributed by atoms with Crippen molar-refractivity contribution in [2.45, 2.75) is 25.8 Å². The quantitative estimate of drug-likeness (QED) is 0.356. The predicted molar refractivity (Wildman–Crippen MR) is 122 cm³/mol. The van der Waals surface area contributed by atoms with Crippen LogP contribution in [0.4, 0.5) is 10.5 Å². The third-order valence-corrected chi connectivity index (χ3v) is 6.03. The summed E-state index contributed by atoms with van der Waals surface area (Å²) in [6.45, 7) is 0.604. The van der Waals surface area contributed by atoms with Crippen molar-refractivity contribution < 1.29 is 38.3 Å². The van der Waals surface area contributed by atoms with E-state index in [1.807, 2.05) is 0 Å². The zero-order chi connectivity index (χ0) is 25.7. The number of anilines is 1. The minimum Gasteiger partial charge on any atom is -0.495 e.